The van der Waals surface area contributed by atoms with Crippen molar-refractivity contribution in [2.24, 2.45) is 0 Å². The first-order valence-corrected chi connectivity index (χ1v) is 7.77. The van der Waals surface area contributed by atoms with E-state index in [0.29, 0.717) is 0 Å². The summed E-state index contributed by atoms with van der Waals surface area (Å²) in [4.78, 5) is 18.5. The standard InChI is InChI=1S/C18H23N3O/c1-4-7-17(22)20-15-8-9-16-14(13-15)10-11-19-18(16)21(6-3)12-5-2/h4,7-11,13H,5-6,12H2,1-3H3,(H,20,22)/b7-4+. The maximum Gasteiger partial charge on any atom is 0.248 e. The number of nitrogens with zero attached hydrogens (tertiary/aromatic N) is 2. The Morgan fingerprint density at radius 2 is 2.14 bits per heavy atom. The quantitative estimate of drug-likeness (QED) is 0.820. The number of aromatic nitrogens is 1. The van der Waals surface area contributed by atoms with Crippen molar-refractivity contribution >= 4 is 28.2 Å². The minimum absolute atomic E-state index is 0.114. The highest BCUT2D eigenvalue weighted by atomic mass is 16.1. The van der Waals surface area contributed by atoms with E-state index in [4.69, 9.17) is 0 Å². The van der Waals surface area contributed by atoms with Gasteiger partial charge in [0.2, 0.25) is 5.91 Å². The average Bonchev–Trinajstić information content (AvgIpc) is 2.52. The van der Waals surface area contributed by atoms with Crippen molar-refractivity contribution in [3.05, 3.63) is 42.6 Å². The molecule has 0 saturated carbocycles. The molecule has 1 amide bonds. The molecule has 0 saturated heterocycles. The number of carbonyl (C=O) groups excluding carboxylic acids is 1. The van der Waals surface area contributed by atoms with E-state index in [2.05, 4.69) is 29.0 Å². The summed E-state index contributed by atoms with van der Waals surface area (Å²) < 4.78 is 0. The number of hydrogen-bond donors (Lipinski definition) is 1. The third kappa shape index (κ3) is 3.64. The van der Waals surface area contributed by atoms with E-state index in [1.807, 2.05) is 37.4 Å². The zero-order valence-electron chi connectivity index (χ0n) is 13.5. The molecule has 0 bridgehead atoms. The zero-order valence-corrected chi connectivity index (χ0v) is 13.5. The number of carbonyl (C=O) groups is 1. The number of nitrogens with one attached hydrogen (secondary N) is 1. The SMILES string of the molecule is C/C=C/C(=O)Nc1ccc2c(N(CC)CCC)nccc2c1. The van der Waals surface area contributed by atoms with Gasteiger partial charge in [0, 0.05) is 30.4 Å². The fourth-order valence-corrected chi connectivity index (χ4v) is 2.51. The molecule has 2 rings (SSSR count). The van der Waals surface area contributed by atoms with Crippen LogP contribution in [0.25, 0.3) is 10.8 Å². The van der Waals surface area contributed by atoms with E-state index in [1.54, 1.807) is 6.08 Å². The summed E-state index contributed by atoms with van der Waals surface area (Å²) in [6.45, 7) is 8.05. The first kappa shape index (κ1) is 16.0. The largest absolute Gasteiger partial charge is 0.356 e. The topological polar surface area (TPSA) is 45.2 Å². The van der Waals surface area contributed by atoms with E-state index in [1.165, 1.54) is 6.08 Å². The number of benzene rings is 1. The molecule has 0 spiro atoms. The Hall–Kier alpha value is -2.36. The second-order valence-electron chi connectivity index (χ2n) is 5.14. The summed E-state index contributed by atoms with van der Waals surface area (Å²) in [7, 11) is 0. The predicted octanol–water partition coefficient (Wildman–Crippen LogP) is 3.99. The molecule has 0 aliphatic heterocycles. The molecule has 4 heteroatoms. The van der Waals surface area contributed by atoms with Crippen molar-refractivity contribution in [3.63, 3.8) is 0 Å². The fourth-order valence-electron chi connectivity index (χ4n) is 2.51. The van der Waals surface area contributed by atoms with Crippen molar-refractivity contribution in [1.29, 1.82) is 0 Å². The van der Waals surface area contributed by atoms with Crippen molar-refractivity contribution < 1.29 is 4.79 Å². The predicted molar refractivity (Wildman–Crippen MR) is 93.4 cm³/mol. The molecule has 116 valence electrons. The molecule has 0 unspecified atom stereocenters. The number of pyridine rings is 1. The first-order chi connectivity index (χ1) is 10.7. The van der Waals surface area contributed by atoms with Gasteiger partial charge in [-0.2, -0.15) is 0 Å². The van der Waals surface area contributed by atoms with Crippen LogP contribution in [0.1, 0.15) is 27.2 Å². The van der Waals surface area contributed by atoms with Crippen LogP contribution in [0.5, 0.6) is 0 Å². The Bertz CT molecular complexity index is 679. The molecular formula is C18H23N3O. The molecule has 1 aromatic carbocycles. The fraction of sp³-hybridized carbons (Fsp3) is 0.333. The van der Waals surface area contributed by atoms with Crippen molar-refractivity contribution in [2.45, 2.75) is 27.2 Å². The highest BCUT2D eigenvalue weighted by Crippen LogP contribution is 2.27. The summed E-state index contributed by atoms with van der Waals surface area (Å²) >= 11 is 0. The Balaban J connectivity index is 2.37. The molecule has 2 aromatic rings. The van der Waals surface area contributed by atoms with Crippen LogP contribution in [0.3, 0.4) is 0 Å². The van der Waals surface area contributed by atoms with Gasteiger partial charge < -0.3 is 10.2 Å². The van der Waals surface area contributed by atoms with Crippen LogP contribution in [0.4, 0.5) is 11.5 Å². The second kappa shape index (κ2) is 7.59. The summed E-state index contributed by atoms with van der Waals surface area (Å²) in [5, 5.41) is 5.06. The van der Waals surface area contributed by atoms with E-state index >= 15 is 0 Å². The van der Waals surface area contributed by atoms with Crippen LogP contribution in [0, 0.1) is 0 Å². The van der Waals surface area contributed by atoms with Gasteiger partial charge in [-0.15, -0.1) is 0 Å². The van der Waals surface area contributed by atoms with Gasteiger partial charge in [-0.25, -0.2) is 4.98 Å². The molecular weight excluding hydrogens is 274 g/mol. The molecule has 0 aliphatic carbocycles. The highest BCUT2D eigenvalue weighted by Gasteiger charge is 2.10. The summed E-state index contributed by atoms with van der Waals surface area (Å²) in [5.41, 5.74) is 0.797. The Morgan fingerprint density at radius 1 is 1.32 bits per heavy atom. The normalized spacial score (nSPS) is 11.0. The molecule has 1 heterocycles. The van der Waals surface area contributed by atoms with Gasteiger partial charge in [-0.05, 0) is 56.0 Å². The molecule has 1 N–H and O–H groups in total. The molecule has 1 aromatic heterocycles. The van der Waals surface area contributed by atoms with Gasteiger partial charge in [0.05, 0.1) is 0 Å². The summed E-state index contributed by atoms with van der Waals surface area (Å²) in [6, 6.07) is 7.92. The average molecular weight is 297 g/mol. The van der Waals surface area contributed by atoms with Gasteiger partial charge in [-0.3, -0.25) is 4.79 Å². The first-order valence-electron chi connectivity index (χ1n) is 7.77. The van der Waals surface area contributed by atoms with Crippen LogP contribution in [-0.4, -0.2) is 24.0 Å². The number of amides is 1. The van der Waals surface area contributed by atoms with E-state index in [0.717, 1.165) is 41.8 Å². The third-order valence-electron chi connectivity index (χ3n) is 3.50. The molecule has 4 nitrogen and oxygen atoms in total. The van der Waals surface area contributed by atoms with Crippen molar-refractivity contribution in [3.8, 4) is 0 Å². The number of rotatable bonds is 6. The smallest absolute Gasteiger partial charge is 0.248 e. The van der Waals surface area contributed by atoms with E-state index in [9.17, 15) is 4.79 Å². The third-order valence-corrected chi connectivity index (χ3v) is 3.50. The zero-order chi connectivity index (χ0) is 15.9. The molecule has 0 radical (unpaired) electrons. The molecule has 22 heavy (non-hydrogen) atoms. The second-order valence-corrected chi connectivity index (χ2v) is 5.14. The minimum Gasteiger partial charge on any atom is -0.356 e. The summed E-state index contributed by atoms with van der Waals surface area (Å²) in [5.74, 6) is 0.894. The maximum absolute atomic E-state index is 11.6. The lowest BCUT2D eigenvalue weighted by molar-refractivity contribution is -0.111. The van der Waals surface area contributed by atoms with E-state index < -0.39 is 0 Å². The lowest BCUT2D eigenvalue weighted by Crippen LogP contribution is -2.24. The number of fused-ring (bicyclic) bond motifs is 1. The number of hydrogen-bond acceptors (Lipinski definition) is 3. The van der Waals surface area contributed by atoms with Gasteiger partial charge in [0.25, 0.3) is 0 Å². The molecule has 0 fully saturated rings. The Labute approximate surface area is 131 Å². The lowest BCUT2D eigenvalue weighted by Gasteiger charge is -2.22. The van der Waals surface area contributed by atoms with Crippen molar-refractivity contribution in [2.75, 3.05) is 23.3 Å². The van der Waals surface area contributed by atoms with Gasteiger partial charge >= 0.3 is 0 Å². The monoisotopic (exact) mass is 297 g/mol. The number of anilines is 2. The maximum atomic E-state index is 11.6. The van der Waals surface area contributed by atoms with Gasteiger partial charge in [-0.1, -0.05) is 13.0 Å². The van der Waals surface area contributed by atoms with E-state index in [-0.39, 0.29) is 5.91 Å². The molecule has 0 aliphatic rings. The van der Waals surface area contributed by atoms with Crippen molar-refractivity contribution in [1.82, 2.24) is 4.98 Å². The van der Waals surface area contributed by atoms with Gasteiger partial charge in [0.1, 0.15) is 5.82 Å². The highest BCUT2D eigenvalue weighted by molar-refractivity contribution is 6.01. The number of allylic oxidation sites excluding steroid dienone is 1. The van der Waals surface area contributed by atoms with Crippen LogP contribution in [-0.2, 0) is 4.79 Å². The van der Waals surface area contributed by atoms with Crippen LogP contribution < -0.4 is 10.2 Å². The van der Waals surface area contributed by atoms with Crippen LogP contribution in [0.2, 0.25) is 0 Å². The lowest BCUT2D eigenvalue weighted by atomic mass is 10.1. The minimum atomic E-state index is -0.114. The summed E-state index contributed by atoms with van der Waals surface area (Å²) in [6.07, 6.45) is 6.15. The Kier molecular flexibility index (Phi) is 5.53. The Morgan fingerprint density at radius 3 is 2.82 bits per heavy atom. The van der Waals surface area contributed by atoms with Gasteiger partial charge in [0.15, 0.2) is 0 Å². The molecule has 0 atom stereocenters. The van der Waals surface area contributed by atoms with Crippen LogP contribution in [0.15, 0.2) is 42.6 Å². The van der Waals surface area contributed by atoms with Crippen LogP contribution >= 0.6 is 0 Å².